The average molecular weight is 222 g/mol. The fourth-order valence-corrected chi connectivity index (χ4v) is 1.78. The summed E-state index contributed by atoms with van der Waals surface area (Å²) < 4.78 is 1.59. The number of allylic oxidation sites excluding steroid dienone is 4. The molecule has 0 fully saturated rings. The maximum absolute atomic E-state index is 2.29. The van der Waals surface area contributed by atoms with E-state index in [9.17, 15) is 0 Å². The van der Waals surface area contributed by atoms with Crippen molar-refractivity contribution >= 4 is 0 Å². The molecule has 0 saturated carbocycles. The van der Waals surface area contributed by atoms with Crippen molar-refractivity contribution in [1.29, 1.82) is 0 Å². The standard InChI is InChI=1S/C9H13.Mo.5H/c1-2-3-6-9-7-4-5-8-9;;;;;;/h4,7H,2-3,5-6H2,1H3;;;;;;/q;+5;5*-1. The van der Waals surface area contributed by atoms with E-state index in [1.807, 2.05) is 0 Å². The van der Waals surface area contributed by atoms with Crippen LogP contribution in [0.25, 0.3) is 0 Å². The topological polar surface area (TPSA) is 0 Å². The summed E-state index contributed by atoms with van der Waals surface area (Å²) in [5.41, 5.74) is 1.59. The second kappa shape index (κ2) is 4.13. The van der Waals surface area contributed by atoms with Crippen molar-refractivity contribution in [2.75, 3.05) is 0 Å². The predicted molar refractivity (Wildman–Crippen MR) is 45.9 cm³/mol. The van der Waals surface area contributed by atoms with Gasteiger partial charge in [0.15, 0.2) is 0 Å². The quantitative estimate of drug-likeness (QED) is 0.641. The third kappa shape index (κ3) is 2.09. The molecular weight excluding hydrogens is 204 g/mol. The molecule has 0 N–H and O–H groups in total. The Hall–Kier alpha value is 0.168. The molecule has 0 atom stereocenters. The maximum atomic E-state index is 2.29. The molecule has 1 heteroatoms. The summed E-state index contributed by atoms with van der Waals surface area (Å²) in [7, 11) is 0. The summed E-state index contributed by atoms with van der Waals surface area (Å²) in [6, 6.07) is 0. The minimum Gasteiger partial charge on any atom is -1.00 e. The third-order valence-corrected chi connectivity index (χ3v) is 2.83. The van der Waals surface area contributed by atoms with Gasteiger partial charge in [0.1, 0.15) is 0 Å². The van der Waals surface area contributed by atoms with Crippen LogP contribution in [0.15, 0.2) is 21.7 Å². The minimum absolute atomic E-state index is 0. The average Bonchev–Trinajstić information content (AvgIpc) is 2.31. The summed E-state index contributed by atoms with van der Waals surface area (Å²) >= 11 is 2.17. The molecule has 0 aliphatic heterocycles. The van der Waals surface area contributed by atoms with Gasteiger partial charge in [0.05, 0.1) is 0 Å². The van der Waals surface area contributed by atoms with Crippen LogP contribution in [0.3, 0.4) is 0 Å². The van der Waals surface area contributed by atoms with Crippen molar-refractivity contribution < 1.29 is 26.9 Å². The largest absolute Gasteiger partial charge is 1.00 e. The zero-order valence-corrected chi connectivity index (χ0v) is 8.40. The van der Waals surface area contributed by atoms with Crippen LogP contribution in [0.5, 0.6) is 0 Å². The van der Waals surface area contributed by atoms with E-state index in [0.29, 0.717) is 0 Å². The first-order valence-corrected chi connectivity index (χ1v) is 4.90. The third-order valence-electron chi connectivity index (χ3n) is 1.78. The molecule has 0 bridgehead atoms. The summed E-state index contributed by atoms with van der Waals surface area (Å²) in [4.78, 5) is 0. The van der Waals surface area contributed by atoms with Crippen molar-refractivity contribution in [1.82, 2.24) is 0 Å². The first kappa shape index (κ1) is 8.27. The zero-order valence-electron chi connectivity index (χ0n) is 11.4. The first-order valence-electron chi connectivity index (χ1n) is 3.90. The van der Waals surface area contributed by atoms with Crippen LogP contribution in [0.4, 0.5) is 0 Å². The Labute approximate surface area is 81.7 Å². The molecule has 0 amide bonds. The van der Waals surface area contributed by atoms with E-state index < -0.39 is 0 Å². The summed E-state index contributed by atoms with van der Waals surface area (Å²) in [5.74, 6) is 0. The molecule has 0 aromatic heterocycles. The van der Waals surface area contributed by atoms with Gasteiger partial charge in [0.25, 0.3) is 0 Å². The Bertz CT molecular complexity index is 179. The molecule has 10 heavy (non-hydrogen) atoms. The van der Waals surface area contributed by atoms with E-state index in [1.54, 1.807) is 9.54 Å². The molecule has 0 radical (unpaired) electrons. The van der Waals surface area contributed by atoms with E-state index in [4.69, 9.17) is 0 Å². The Morgan fingerprint density at radius 3 is 3.00 bits per heavy atom. The Kier molecular flexibility index (Phi) is 3.42. The molecule has 0 saturated heterocycles. The monoisotopic (exact) mass is 224 g/mol. The molecule has 1 aliphatic carbocycles. The van der Waals surface area contributed by atoms with Gasteiger partial charge in [-0.3, -0.25) is 0 Å². The Morgan fingerprint density at radius 1 is 1.70 bits per heavy atom. The molecule has 0 nitrogen and oxygen atoms in total. The number of hydrogen-bond donors (Lipinski definition) is 0. The van der Waals surface area contributed by atoms with Crippen LogP contribution in [0, 0.1) is 0 Å². The Morgan fingerprint density at radius 2 is 2.50 bits per heavy atom. The molecule has 0 aromatic carbocycles. The summed E-state index contributed by atoms with van der Waals surface area (Å²) in [6.07, 6.45) is 9.70. The van der Waals surface area contributed by atoms with Crippen molar-refractivity contribution in [3.63, 3.8) is 0 Å². The molecule has 0 heterocycles. The molecule has 0 aromatic rings. The molecule has 60 valence electrons. The smallest absolute Gasteiger partial charge is 1.00 e. The van der Waals surface area contributed by atoms with Gasteiger partial charge < -0.3 is 7.13 Å². The fourth-order valence-electron chi connectivity index (χ4n) is 1.12. The second-order valence-corrected chi connectivity index (χ2v) is 3.87. The van der Waals surface area contributed by atoms with E-state index >= 15 is 0 Å². The molecule has 0 spiro atoms. The Balaban J connectivity index is -0.0000000667. The van der Waals surface area contributed by atoms with Crippen LogP contribution in [-0.2, 0) is 19.8 Å². The molecular formula is C9H18Mo. The van der Waals surface area contributed by atoms with Gasteiger partial charge in [-0.1, -0.05) is 0 Å². The van der Waals surface area contributed by atoms with Crippen LogP contribution >= 0.6 is 0 Å². The van der Waals surface area contributed by atoms with Gasteiger partial charge in [-0.25, -0.2) is 0 Å². The fraction of sp³-hybridized carbons (Fsp3) is 0.556. The van der Waals surface area contributed by atoms with Crippen LogP contribution in [0.1, 0.15) is 39.7 Å². The number of hydrogen-bond acceptors (Lipinski definition) is 0. The van der Waals surface area contributed by atoms with E-state index in [2.05, 4.69) is 38.9 Å². The molecule has 1 rings (SSSR count). The van der Waals surface area contributed by atoms with Gasteiger partial charge in [-0.15, -0.1) is 0 Å². The van der Waals surface area contributed by atoms with Crippen LogP contribution < -0.4 is 0 Å². The first-order chi connectivity index (χ1) is 4.84. The van der Waals surface area contributed by atoms with Gasteiger partial charge in [0, 0.05) is 0 Å². The van der Waals surface area contributed by atoms with E-state index in [-0.39, 0.29) is 7.13 Å². The minimum atomic E-state index is 0. The van der Waals surface area contributed by atoms with Crippen molar-refractivity contribution in [3.05, 3.63) is 21.7 Å². The zero-order chi connectivity index (χ0) is 7.40. The van der Waals surface area contributed by atoms with Crippen LogP contribution in [-0.4, -0.2) is 0 Å². The maximum Gasteiger partial charge on any atom is -1.00 e. The van der Waals surface area contributed by atoms with Gasteiger partial charge >= 0.3 is 74.1 Å². The van der Waals surface area contributed by atoms with Crippen LogP contribution in [0.2, 0.25) is 0 Å². The predicted octanol–water partition coefficient (Wildman–Crippen LogP) is 3.50. The van der Waals surface area contributed by atoms with Gasteiger partial charge in [0.2, 0.25) is 0 Å². The van der Waals surface area contributed by atoms with Crippen molar-refractivity contribution in [2.24, 2.45) is 0 Å². The van der Waals surface area contributed by atoms with Crippen molar-refractivity contribution in [3.8, 4) is 0 Å². The van der Waals surface area contributed by atoms with Gasteiger partial charge in [-0.2, -0.15) is 0 Å². The van der Waals surface area contributed by atoms with Gasteiger partial charge in [-0.05, 0) is 0 Å². The second-order valence-electron chi connectivity index (χ2n) is 2.66. The molecule has 0 unspecified atom stereocenters. The summed E-state index contributed by atoms with van der Waals surface area (Å²) in [6.45, 7) is 2.25. The summed E-state index contributed by atoms with van der Waals surface area (Å²) in [5, 5.41) is 0. The van der Waals surface area contributed by atoms with E-state index in [0.717, 1.165) is 0 Å². The van der Waals surface area contributed by atoms with Crippen molar-refractivity contribution in [2.45, 2.75) is 32.6 Å². The normalized spacial score (nSPS) is 17.1. The SMILES string of the molecule is CCCCC1=[C]([Mo+5])CC=C1.[H-].[H-].[H-].[H-].[H-]. The molecule has 1 aliphatic rings. The number of unbranched alkanes of at least 4 members (excludes halogenated alkanes) is 1. The number of rotatable bonds is 3. The van der Waals surface area contributed by atoms with E-state index in [1.165, 1.54) is 25.7 Å².